The summed E-state index contributed by atoms with van der Waals surface area (Å²) in [5.41, 5.74) is 0.471. The third kappa shape index (κ3) is 6.65. The fourth-order valence-electron chi connectivity index (χ4n) is 2.23. The number of benzene rings is 2. The molecule has 0 aliphatic carbocycles. The van der Waals surface area contributed by atoms with Crippen molar-refractivity contribution in [3.05, 3.63) is 59.9 Å². The molecule has 2 aromatic rings. The molecule has 0 atom stereocenters. The number of hydrogen-bond acceptors (Lipinski definition) is 4. The molecule has 0 aromatic heterocycles. The first kappa shape index (κ1) is 20.9. The number of rotatable bonds is 9. The number of nitrogens with one attached hydrogen (secondary N) is 2. The highest BCUT2D eigenvalue weighted by molar-refractivity contribution is 7.92. The summed E-state index contributed by atoms with van der Waals surface area (Å²) in [4.78, 5) is 12.2. The summed E-state index contributed by atoms with van der Waals surface area (Å²) in [5, 5.41) is 2.73. The summed E-state index contributed by atoms with van der Waals surface area (Å²) < 4.78 is 45.6. The molecule has 1 amide bonds. The lowest BCUT2D eigenvalue weighted by Gasteiger charge is -2.10. The van der Waals surface area contributed by atoms with E-state index in [0.717, 1.165) is 12.1 Å². The Kier molecular flexibility index (Phi) is 7.32. The Morgan fingerprint density at radius 2 is 1.85 bits per heavy atom. The highest BCUT2D eigenvalue weighted by Crippen LogP contribution is 2.17. The van der Waals surface area contributed by atoms with Gasteiger partial charge in [-0.3, -0.25) is 9.52 Å². The van der Waals surface area contributed by atoms with Crippen molar-refractivity contribution >= 4 is 21.6 Å². The lowest BCUT2D eigenvalue weighted by Crippen LogP contribution is -2.26. The highest BCUT2D eigenvalue weighted by Gasteiger charge is 2.16. The van der Waals surface area contributed by atoms with Gasteiger partial charge in [0.25, 0.3) is 15.9 Å². The van der Waals surface area contributed by atoms with E-state index < -0.39 is 15.8 Å². The Morgan fingerprint density at radius 1 is 1.15 bits per heavy atom. The molecule has 0 aliphatic rings. The second kappa shape index (κ2) is 9.48. The first-order valence-corrected chi connectivity index (χ1v) is 10.0. The molecular formula is C19H23FN2O4S. The van der Waals surface area contributed by atoms with Crippen LogP contribution < -0.4 is 10.0 Å². The molecule has 0 saturated heterocycles. The van der Waals surface area contributed by atoms with Crippen molar-refractivity contribution in [2.45, 2.75) is 31.3 Å². The van der Waals surface area contributed by atoms with Crippen molar-refractivity contribution in [3.63, 3.8) is 0 Å². The summed E-state index contributed by atoms with van der Waals surface area (Å²) in [6.07, 6.45) is 0.796. The summed E-state index contributed by atoms with van der Waals surface area (Å²) in [7, 11) is -3.89. The zero-order valence-electron chi connectivity index (χ0n) is 15.2. The predicted octanol–water partition coefficient (Wildman–Crippen LogP) is 3.17. The monoisotopic (exact) mass is 394 g/mol. The molecule has 27 heavy (non-hydrogen) atoms. The number of hydrogen-bond donors (Lipinski definition) is 2. The van der Waals surface area contributed by atoms with Crippen molar-refractivity contribution in [3.8, 4) is 0 Å². The molecule has 6 nitrogen and oxygen atoms in total. The minimum Gasteiger partial charge on any atom is -0.379 e. The quantitative estimate of drug-likeness (QED) is 0.640. The number of ether oxygens (including phenoxy) is 1. The minimum atomic E-state index is -3.89. The Hall–Kier alpha value is -2.45. The number of anilines is 1. The van der Waals surface area contributed by atoms with Crippen LogP contribution in [-0.2, 0) is 14.8 Å². The largest absolute Gasteiger partial charge is 0.379 e. The van der Waals surface area contributed by atoms with Gasteiger partial charge < -0.3 is 10.1 Å². The molecule has 0 unspecified atom stereocenters. The standard InChI is InChI=1S/C19H23FN2O4S/c1-14(2)26-12-4-11-21-19(23)15-5-3-6-18(13-15)27(24,25)22-17-9-7-16(20)8-10-17/h3,5-10,13-14,22H,4,11-12H2,1-2H3,(H,21,23). The second-order valence-electron chi connectivity index (χ2n) is 6.17. The molecule has 0 radical (unpaired) electrons. The predicted molar refractivity (Wildman–Crippen MR) is 102 cm³/mol. The fraction of sp³-hybridized carbons (Fsp3) is 0.316. The van der Waals surface area contributed by atoms with Crippen LogP contribution in [0.1, 0.15) is 30.6 Å². The summed E-state index contributed by atoms with van der Waals surface area (Å²) in [6.45, 7) is 4.83. The van der Waals surface area contributed by atoms with Crippen LogP contribution in [0.25, 0.3) is 0 Å². The maximum absolute atomic E-state index is 12.9. The highest BCUT2D eigenvalue weighted by atomic mass is 32.2. The van der Waals surface area contributed by atoms with Gasteiger partial charge in [0, 0.05) is 24.4 Å². The smallest absolute Gasteiger partial charge is 0.261 e. The molecule has 0 heterocycles. The fourth-order valence-corrected chi connectivity index (χ4v) is 3.34. The summed E-state index contributed by atoms with van der Waals surface area (Å²) in [6, 6.07) is 10.7. The molecule has 0 saturated carbocycles. The summed E-state index contributed by atoms with van der Waals surface area (Å²) in [5.74, 6) is -0.825. The molecule has 0 spiro atoms. The van der Waals surface area contributed by atoms with Crippen LogP contribution in [0.3, 0.4) is 0 Å². The molecule has 0 fully saturated rings. The van der Waals surface area contributed by atoms with Crippen LogP contribution in [0, 0.1) is 5.82 Å². The zero-order chi connectivity index (χ0) is 19.9. The van der Waals surface area contributed by atoms with Gasteiger partial charge in [0.1, 0.15) is 5.82 Å². The molecule has 0 aliphatic heterocycles. The van der Waals surface area contributed by atoms with Crippen molar-refractivity contribution in [1.29, 1.82) is 0 Å². The van der Waals surface area contributed by atoms with Crippen molar-refractivity contribution < 1.29 is 22.3 Å². The van der Waals surface area contributed by atoms with Crippen LogP contribution in [-0.4, -0.2) is 33.6 Å². The van der Waals surface area contributed by atoms with E-state index in [1.807, 2.05) is 13.8 Å². The summed E-state index contributed by atoms with van der Waals surface area (Å²) >= 11 is 0. The lowest BCUT2D eigenvalue weighted by molar-refractivity contribution is 0.0757. The van der Waals surface area contributed by atoms with Gasteiger partial charge >= 0.3 is 0 Å². The minimum absolute atomic E-state index is 0.0531. The number of amides is 1. The lowest BCUT2D eigenvalue weighted by atomic mass is 10.2. The Bertz CT molecular complexity index is 868. The van der Waals surface area contributed by atoms with Gasteiger partial charge in [-0.2, -0.15) is 0 Å². The number of carbonyl (C=O) groups is 1. The van der Waals surface area contributed by atoms with Gasteiger partial charge in [-0.05, 0) is 62.7 Å². The number of halogens is 1. The maximum atomic E-state index is 12.9. The van der Waals surface area contributed by atoms with Crippen molar-refractivity contribution in [1.82, 2.24) is 5.32 Å². The van der Waals surface area contributed by atoms with E-state index in [1.54, 1.807) is 0 Å². The van der Waals surface area contributed by atoms with E-state index in [-0.39, 0.29) is 28.2 Å². The zero-order valence-corrected chi connectivity index (χ0v) is 16.1. The van der Waals surface area contributed by atoms with Gasteiger partial charge in [0.05, 0.1) is 11.0 Å². The van der Waals surface area contributed by atoms with Gasteiger partial charge in [0.15, 0.2) is 0 Å². The number of sulfonamides is 1. The molecule has 146 valence electrons. The van der Waals surface area contributed by atoms with Crippen LogP contribution in [0.2, 0.25) is 0 Å². The Morgan fingerprint density at radius 3 is 2.52 bits per heavy atom. The third-order valence-electron chi connectivity index (χ3n) is 3.56. The van der Waals surface area contributed by atoms with E-state index in [1.165, 1.54) is 36.4 Å². The Labute approximate surface area is 158 Å². The molecule has 0 bridgehead atoms. The number of carbonyl (C=O) groups excluding carboxylic acids is 1. The van der Waals surface area contributed by atoms with Gasteiger partial charge in [-0.15, -0.1) is 0 Å². The molecule has 2 N–H and O–H groups in total. The molecule has 2 rings (SSSR count). The van der Waals surface area contributed by atoms with E-state index in [9.17, 15) is 17.6 Å². The molecule has 8 heteroatoms. The van der Waals surface area contributed by atoms with Gasteiger partial charge in [0.2, 0.25) is 0 Å². The van der Waals surface area contributed by atoms with E-state index in [4.69, 9.17) is 4.74 Å². The molecular weight excluding hydrogens is 371 g/mol. The topological polar surface area (TPSA) is 84.5 Å². The average Bonchev–Trinajstić information content (AvgIpc) is 2.63. The van der Waals surface area contributed by atoms with Crippen LogP contribution in [0.4, 0.5) is 10.1 Å². The van der Waals surface area contributed by atoms with E-state index in [2.05, 4.69) is 10.0 Å². The third-order valence-corrected chi connectivity index (χ3v) is 4.94. The van der Waals surface area contributed by atoms with Crippen molar-refractivity contribution in [2.24, 2.45) is 0 Å². The van der Waals surface area contributed by atoms with Crippen LogP contribution in [0.5, 0.6) is 0 Å². The van der Waals surface area contributed by atoms with Crippen molar-refractivity contribution in [2.75, 3.05) is 17.9 Å². The maximum Gasteiger partial charge on any atom is 0.261 e. The van der Waals surface area contributed by atoms with E-state index >= 15 is 0 Å². The first-order chi connectivity index (χ1) is 12.8. The van der Waals surface area contributed by atoms with Crippen LogP contribution in [0.15, 0.2) is 53.4 Å². The molecule has 2 aromatic carbocycles. The van der Waals surface area contributed by atoms with Crippen LogP contribution >= 0.6 is 0 Å². The Balaban J connectivity index is 2.00. The first-order valence-electron chi connectivity index (χ1n) is 8.56. The van der Waals surface area contributed by atoms with Gasteiger partial charge in [-0.1, -0.05) is 6.07 Å². The average molecular weight is 394 g/mol. The second-order valence-corrected chi connectivity index (χ2v) is 7.85. The van der Waals surface area contributed by atoms with Gasteiger partial charge in [-0.25, -0.2) is 12.8 Å². The SMILES string of the molecule is CC(C)OCCCNC(=O)c1cccc(S(=O)(=O)Nc2ccc(F)cc2)c1. The normalized spacial score (nSPS) is 11.4. The van der Waals surface area contributed by atoms with E-state index in [0.29, 0.717) is 19.6 Å².